The summed E-state index contributed by atoms with van der Waals surface area (Å²) in [6, 6.07) is 7.66. The van der Waals surface area contributed by atoms with E-state index in [9.17, 15) is 14.4 Å². The average Bonchev–Trinajstić information content (AvgIpc) is 2.81. The summed E-state index contributed by atoms with van der Waals surface area (Å²) in [5, 5.41) is 0. The number of benzene rings is 1. The van der Waals surface area contributed by atoms with E-state index < -0.39 is 5.92 Å². The molecule has 2 bridgehead atoms. The zero-order valence-corrected chi connectivity index (χ0v) is 13.5. The van der Waals surface area contributed by atoms with Crippen LogP contribution in [0, 0.1) is 23.7 Å². The van der Waals surface area contributed by atoms with E-state index in [2.05, 4.69) is 13.8 Å². The number of anilines is 1. The van der Waals surface area contributed by atoms with Crippen LogP contribution in [0.2, 0.25) is 0 Å². The third kappa shape index (κ3) is 2.00. The second-order valence-corrected chi connectivity index (χ2v) is 7.43. The molecular formula is C19H21NO3. The third-order valence-electron chi connectivity index (χ3n) is 5.86. The van der Waals surface area contributed by atoms with E-state index in [0.29, 0.717) is 18.0 Å². The number of amides is 2. The zero-order chi connectivity index (χ0) is 16.3. The van der Waals surface area contributed by atoms with E-state index in [4.69, 9.17) is 0 Å². The maximum Gasteiger partial charge on any atom is 0.238 e. The summed E-state index contributed by atoms with van der Waals surface area (Å²) in [4.78, 5) is 39.3. The molecule has 4 nitrogen and oxygen atoms in total. The molecule has 4 aliphatic rings. The summed E-state index contributed by atoms with van der Waals surface area (Å²) >= 11 is 0. The van der Waals surface area contributed by atoms with Crippen molar-refractivity contribution in [2.24, 2.45) is 23.7 Å². The monoisotopic (exact) mass is 311 g/mol. The Morgan fingerprint density at radius 1 is 1.04 bits per heavy atom. The van der Waals surface area contributed by atoms with Gasteiger partial charge in [-0.3, -0.25) is 19.3 Å². The first-order chi connectivity index (χ1) is 11.0. The molecule has 0 radical (unpaired) electrons. The summed E-state index contributed by atoms with van der Waals surface area (Å²) in [5.74, 6) is -0.602. The van der Waals surface area contributed by atoms with Crippen LogP contribution < -0.4 is 4.90 Å². The molecule has 0 spiro atoms. The predicted octanol–water partition coefficient (Wildman–Crippen LogP) is 2.91. The van der Waals surface area contributed by atoms with E-state index in [1.165, 1.54) is 4.90 Å². The topological polar surface area (TPSA) is 54.5 Å². The molecular weight excluding hydrogens is 290 g/mol. The van der Waals surface area contributed by atoms with Crippen molar-refractivity contribution >= 4 is 23.3 Å². The van der Waals surface area contributed by atoms with Crippen molar-refractivity contribution in [1.29, 1.82) is 0 Å². The van der Waals surface area contributed by atoms with Gasteiger partial charge in [0.2, 0.25) is 11.8 Å². The largest absolute Gasteiger partial charge is 0.299 e. The highest BCUT2D eigenvalue weighted by atomic mass is 16.2. The lowest BCUT2D eigenvalue weighted by Crippen LogP contribution is -2.46. The molecule has 4 fully saturated rings. The molecule has 4 atom stereocenters. The number of carbonyl (C=O) groups excluding carboxylic acids is 3. The molecule has 1 unspecified atom stereocenters. The minimum Gasteiger partial charge on any atom is -0.299 e. The van der Waals surface area contributed by atoms with Gasteiger partial charge in [-0.2, -0.15) is 0 Å². The summed E-state index contributed by atoms with van der Waals surface area (Å²) in [6.45, 7) is 4.18. The molecule has 1 saturated heterocycles. The number of carbonyl (C=O) groups is 3. The van der Waals surface area contributed by atoms with E-state index in [0.717, 1.165) is 18.4 Å². The van der Waals surface area contributed by atoms with Gasteiger partial charge in [0.25, 0.3) is 0 Å². The van der Waals surface area contributed by atoms with E-state index in [-0.39, 0.29) is 35.4 Å². The van der Waals surface area contributed by atoms with Gasteiger partial charge in [-0.25, -0.2) is 0 Å². The van der Waals surface area contributed by atoms with E-state index >= 15 is 0 Å². The molecule has 0 N–H and O–H groups in total. The smallest absolute Gasteiger partial charge is 0.238 e. The fourth-order valence-electron chi connectivity index (χ4n) is 4.66. The first-order valence-corrected chi connectivity index (χ1v) is 8.49. The number of hydrogen-bond acceptors (Lipinski definition) is 3. The molecule has 3 saturated carbocycles. The second kappa shape index (κ2) is 5.02. The summed E-state index contributed by atoms with van der Waals surface area (Å²) < 4.78 is 0. The highest BCUT2D eigenvalue weighted by Crippen LogP contribution is 2.52. The molecule has 23 heavy (non-hydrogen) atoms. The molecule has 4 heteroatoms. The molecule has 1 heterocycles. The van der Waals surface area contributed by atoms with Gasteiger partial charge < -0.3 is 0 Å². The number of ketones is 1. The van der Waals surface area contributed by atoms with Crippen LogP contribution in [0.4, 0.5) is 5.69 Å². The van der Waals surface area contributed by atoms with Gasteiger partial charge in [0.1, 0.15) is 5.78 Å². The van der Waals surface area contributed by atoms with Crippen molar-refractivity contribution in [1.82, 2.24) is 0 Å². The first-order valence-electron chi connectivity index (χ1n) is 8.49. The minimum absolute atomic E-state index is 0.0623. The lowest BCUT2D eigenvalue weighted by molar-refractivity contribution is -0.143. The highest BCUT2D eigenvalue weighted by molar-refractivity contribution is 6.23. The Labute approximate surface area is 135 Å². The van der Waals surface area contributed by atoms with Crippen molar-refractivity contribution < 1.29 is 14.4 Å². The van der Waals surface area contributed by atoms with Crippen LogP contribution in [0.3, 0.4) is 0 Å². The Morgan fingerprint density at radius 3 is 2.48 bits per heavy atom. The van der Waals surface area contributed by atoms with E-state index in [1.807, 2.05) is 24.3 Å². The summed E-state index contributed by atoms with van der Waals surface area (Å²) in [7, 11) is 0. The predicted molar refractivity (Wildman–Crippen MR) is 85.8 cm³/mol. The average molecular weight is 311 g/mol. The minimum atomic E-state index is -0.412. The van der Waals surface area contributed by atoms with Crippen LogP contribution in [0.5, 0.6) is 0 Å². The van der Waals surface area contributed by atoms with Gasteiger partial charge in [-0.1, -0.05) is 26.0 Å². The molecule has 1 aromatic rings. The van der Waals surface area contributed by atoms with Crippen LogP contribution in [-0.4, -0.2) is 17.6 Å². The molecule has 120 valence electrons. The Bertz CT molecular complexity index is 708. The van der Waals surface area contributed by atoms with Gasteiger partial charge in [0.05, 0.1) is 17.5 Å². The standard InChI is InChI=1S/C19H21NO3/c1-10(2)11-4-3-5-13(8-11)20-18(22)16-12-6-7-14(15(21)9-12)17(16)19(20)23/h3-5,8,10,12,14,16-17H,6-7,9H2,1-2H3/t12-,14+,16+,17?/m0/s1. The fraction of sp³-hybridized carbons (Fsp3) is 0.526. The second-order valence-electron chi connectivity index (χ2n) is 7.43. The third-order valence-corrected chi connectivity index (χ3v) is 5.86. The Kier molecular flexibility index (Phi) is 3.19. The Hall–Kier alpha value is -1.97. The van der Waals surface area contributed by atoms with Crippen molar-refractivity contribution in [3.05, 3.63) is 29.8 Å². The van der Waals surface area contributed by atoms with Crippen LogP contribution in [0.15, 0.2) is 24.3 Å². The SMILES string of the molecule is CC(C)c1cccc(N2C(=O)C3[C@@H]4CC[C@@H](CC4=O)[C@H]3C2=O)c1. The van der Waals surface area contributed by atoms with Crippen LogP contribution in [0.25, 0.3) is 0 Å². The normalized spacial score (nSPS) is 32.8. The maximum atomic E-state index is 12.9. The molecule has 1 aliphatic heterocycles. The van der Waals surface area contributed by atoms with Crippen LogP contribution in [0.1, 0.15) is 44.6 Å². The molecule has 1 aromatic carbocycles. The number of hydrogen-bond donors (Lipinski definition) is 0. The number of nitrogens with zero attached hydrogens (tertiary/aromatic N) is 1. The van der Waals surface area contributed by atoms with Crippen molar-refractivity contribution in [2.75, 3.05) is 4.90 Å². The number of Topliss-reactive ketones (excluding diaryl/α,β-unsaturated/α-hetero) is 1. The number of fused-ring (bicyclic) bond motifs is 2. The molecule has 0 aromatic heterocycles. The molecule has 3 aliphatic carbocycles. The summed E-state index contributed by atoms with van der Waals surface area (Å²) in [5.41, 5.74) is 1.77. The van der Waals surface area contributed by atoms with Crippen molar-refractivity contribution in [3.8, 4) is 0 Å². The zero-order valence-electron chi connectivity index (χ0n) is 13.5. The Morgan fingerprint density at radius 2 is 1.78 bits per heavy atom. The maximum absolute atomic E-state index is 12.9. The first kappa shape index (κ1) is 14.6. The van der Waals surface area contributed by atoms with Crippen molar-refractivity contribution in [2.45, 2.75) is 39.0 Å². The fourth-order valence-corrected chi connectivity index (χ4v) is 4.66. The number of rotatable bonds is 2. The van der Waals surface area contributed by atoms with Crippen molar-refractivity contribution in [3.63, 3.8) is 0 Å². The molecule has 5 rings (SSSR count). The van der Waals surface area contributed by atoms with Crippen LogP contribution >= 0.6 is 0 Å². The molecule has 2 amide bonds. The van der Waals surface area contributed by atoms with Gasteiger partial charge in [0, 0.05) is 12.3 Å². The lowest BCUT2D eigenvalue weighted by Gasteiger charge is -2.41. The highest BCUT2D eigenvalue weighted by Gasteiger charge is 2.60. The number of imide groups is 1. The van der Waals surface area contributed by atoms with Crippen LogP contribution in [-0.2, 0) is 14.4 Å². The summed E-state index contributed by atoms with van der Waals surface area (Å²) in [6.07, 6.45) is 2.14. The van der Waals surface area contributed by atoms with Gasteiger partial charge in [0.15, 0.2) is 0 Å². The van der Waals surface area contributed by atoms with Gasteiger partial charge in [-0.05, 0) is 42.4 Å². The van der Waals surface area contributed by atoms with Gasteiger partial charge >= 0.3 is 0 Å². The van der Waals surface area contributed by atoms with Gasteiger partial charge in [-0.15, -0.1) is 0 Å². The van der Waals surface area contributed by atoms with E-state index in [1.54, 1.807) is 0 Å². The Balaban J connectivity index is 1.74. The quantitative estimate of drug-likeness (QED) is 0.789. The lowest BCUT2D eigenvalue weighted by atomic mass is 9.59.